The van der Waals surface area contributed by atoms with Crippen LogP contribution in [0.25, 0.3) is 0 Å². The van der Waals surface area contributed by atoms with E-state index in [0.717, 1.165) is 37.5 Å². The Morgan fingerprint density at radius 2 is 2.09 bits per heavy atom. The zero-order chi connectivity index (χ0) is 15.4. The number of rotatable bonds is 4. The maximum atomic E-state index is 5.96. The number of nitrogen functional groups attached to an aromatic ring is 1. The molecule has 3 rings (SSSR count). The number of hydrogen-bond acceptors (Lipinski definition) is 5. The van der Waals surface area contributed by atoms with Gasteiger partial charge in [0.15, 0.2) is 0 Å². The maximum Gasteiger partial charge on any atom is 0.223 e. The second kappa shape index (κ2) is 6.83. The van der Waals surface area contributed by atoms with Crippen LogP contribution in [0, 0.1) is 5.92 Å². The SMILES string of the molecule is Nc1nc(Cl)cc(N2CCCC(COc3ccccc3)C2)n1. The Balaban J connectivity index is 1.61. The van der Waals surface area contributed by atoms with Crippen molar-refractivity contribution in [2.75, 3.05) is 30.3 Å². The minimum atomic E-state index is 0.213. The van der Waals surface area contributed by atoms with Crippen LogP contribution in [0.4, 0.5) is 11.8 Å². The summed E-state index contributed by atoms with van der Waals surface area (Å²) in [4.78, 5) is 10.4. The lowest BCUT2D eigenvalue weighted by Crippen LogP contribution is -2.38. The van der Waals surface area contributed by atoms with Crippen molar-refractivity contribution in [2.24, 2.45) is 5.92 Å². The molecule has 0 bridgehead atoms. The smallest absolute Gasteiger partial charge is 0.223 e. The first-order valence-electron chi connectivity index (χ1n) is 7.43. The van der Waals surface area contributed by atoms with Gasteiger partial charge in [-0.1, -0.05) is 29.8 Å². The minimum absolute atomic E-state index is 0.213. The summed E-state index contributed by atoms with van der Waals surface area (Å²) < 4.78 is 5.87. The summed E-state index contributed by atoms with van der Waals surface area (Å²) in [5.74, 6) is 2.38. The molecule has 1 saturated heterocycles. The van der Waals surface area contributed by atoms with Crippen molar-refractivity contribution in [1.29, 1.82) is 0 Å². The lowest BCUT2D eigenvalue weighted by Gasteiger charge is -2.33. The number of ether oxygens (including phenoxy) is 1. The lowest BCUT2D eigenvalue weighted by atomic mass is 9.99. The minimum Gasteiger partial charge on any atom is -0.493 e. The zero-order valence-corrected chi connectivity index (χ0v) is 13.0. The predicted octanol–water partition coefficient (Wildman–Crippen LogP) is 3.01. The van der Waals surface area contributed by atoms with E-state index in [4.69, 9.17) is 22.1 Å². The zero-order valence-electron chi connectivity index (χ0n) is 12.3. The van der Waals surface area contributed by atoms with E-state index >= 15 is 0 Å². The fourth-order valence-corrected chi connectivity index (χ4v) is 2.91. The molecule has 1 aromatic heterocycles. The van der Waals surface area contributed by atoms with Crippen LogP contribution in [-0.4, -0.2) is 29.7 Å². The van der Waals surface area contributed by atoms with Crippen LogP contribution in [0.15, 0.2) is 36.4 Å². The van der Waals surface area contributed by atoms with Gasteiger partial charge >= 0.3 is 0 Å². The summed E-state index contributed by atoms with van der Waals surface area (Å²) in [7, 11) is 0. The molecule has 0 amide bonds. The Morgan fingerprint density at radius 1 is 1.27 bits per heavy atom. The van der Waals surface area contributed by atoms with Crippen molar-refractivity contribution in [3.8, 4) is 5.75 Å². The highest BCUT2D eigenvalue weighted by atomic mass is 35.5. The van der Waals surface area contributed by atoms with Crippen LogP contribution in [0.2, 0.25) is 5.15 Å². The molecule has 2 aromatic rings. The van der Waals surface area contributed by atoms with E-state index in [1.54, 1.807) is 6.07 Å². The monoisotopic (exact) mass is 318 g/mol. The first-order valence-corrected chi connectivity index (χ1v) is 7.81. The molecule has 0 spiro atoms. The van der Waals surface area contributed by atoms with Crippen LogP contribution in [0.3, 0.4) is 0 Å². The molecule has 5 nitrogen and oxygen atoms in total. The van der Waals surface area contributed by atoms with Gasteiger partial charge in [-0.25, -0.2) is 4.98 Å². The van der Waals surface area contributed by atoms with Gasteiger partial charge in [0.25, 0.3) is 0 Å². The summed E-state index contributed by atoms with van der Waals surface area (Å²) in [5.41, 5.74) is 5.68. The van der Waals surface area contributed by atoms with E-state index < -0.39 is 0 Å². The van der Waals surface area contributed by atoms with Crippen molar-refractivity contribution >= 4 is 23.4 Å². The highest BCUT2D eigenvalue weighted by molar-refractivity contribution is 6.29. The van der Waals surface area contributed by atoms with E-state index in [2.05, 4.69) is 14.9 Å². The summed E-state index contributed by atoms with van der Waals surface area (Å²) in [6, 6.07) is 11.7. The number of aromatic nitrogens is 2. The maximum absolute atomic E-state index is 5.96. The number of benzene rings is 1. The number of piperidine rings is 1. The van der Waals surface area contributed by atoms with Crippen LogP contribution < -0.4 is 15.4 Å². The Hall–Kier alpha value is -2.01. The molecule has 1 atom stereocenters. The van der Waals surface area contributed by atoms with Gasteiger partial charge in [0.2, 0.25) is 5.95 Å². The van der Waals surface area contributed by atoms with Crippen LogP contribution in [0.1, 0.15) is 12.8 Å². The van der Waals surface area contributed by atoms with Gasteiger partial charge in [-0.05, 0) is 25.0 Å². The highest BCUT2D eigenvalue weighted by Crippen LogP contribution is 2.24. The molecular weight excluding hydrogens is 300 g/mol. The molecule has 2 N–H and O–H groups in total. The summed E-state index contributed by atoms with van der Waals surface area (Å²) in [6.45, 7) is 2.54. The van der Waals surface area contributed by atoms with Gasteiger partial charge in [-0.15, -0.1) is 0 Å². The molecule has 6 heteroatoms. The fourth-order valence-electron chi connectivity index (χ4n) is 2.72. The van der Waals surface area contributed by atoms with Crippen LogP contribution in [-0.2, 0) is 0 Å². The number of para-hydroxylation sites is 1. The van der Waals surface area contributed by atoms with Crippen molar-refractivity contribution < 1.29 is 4.74 Å². The van der Waals surface area contributed by atoms with E-state index in [0.29, 0.717) is 17.7 Å². The average Bonchev–Trinajstić information content (AvgIpc) is 2.53. The molecule has 116 valence electrons. The van der Waals surface area contributed by atoms with Crippen LogP contribution >= 0.6 is 11.6 Å². The first kappa shape index (κ1) is 14.9. The van der Waals surface area contributed by atoms with Crippen molar-refractivity contribution in [3.05, 3.63) is 41.6 Å². The highest BCUT2D eigenvalue weighted by Gasteiger charge is 2.22. The molecule has 2 heterocycles. The standard InChI is InChI=1S/C16H19ClN4O/c17-14-9-15(20-16(18)19-14)21-8-4-5-12(10-21)11-22-13-6-2-1-3-7-13/h1-3,6-7,9,12H,4-5,8,10-11H2,(H2,18,19,20). The molecule has 1 aliphatic rings. The van der Waals surface area contributed by atoms with Crippen molar-refractivity contribution in [2.45, 2.75) is 12.8 Å². The molecular formula is C16H19ClN4O. The van der Waals surface area contributed by atoms with E-state index in [1.807, 2.05) is 30.3 Å². The molecule has 0 aliphatic carbocycles. The number of nitrogens with zero attached hydrogens (tertiary/aromatic N) is 3. The third kappa shape index (κ3) is 3.80. The van der Waals surface area contributed by atoms with Crippen molar-refractivity contribution in [3.63, 3.8) is 0 Å². The van der Waals surface area contributed by atoms with E-state index in [9.17, 15) is 0 Å². The number of halogens is 1. The molecule has 1 unspecified atom stereocenters. The van der Waals surface area contributed by atoms with E-state index in [1.165, 1.54) is 0 Å². The normalized spacial score (nSPS) is 18.2. The molecule has 1 fully saturated rings. The van der Waals surface area contributed by atoms with Gasteiger partial charge < -0.3 is 15.4 Å². The second-order valence-corrected chi connectivity index (χ2v) is 5.87. The van der Waals surface area contributed by atoms with Gasteiger partial charge in [0.05, 0.1) is 6.61 Å². The van der Waals surface area contributed by atoms with Gasteiger partial charge in [0.1, 0.15) is 16.7 Å². The largest absolute Gasteiger partial charge is 0.493 e. The third-order valence-corrected chi connectivity index (χ3v) is 3.96. The fraction of sp³-hybridized carbons (Fsp3) is 0.375. The van der Waals surface area contributed by atoms with E-state index in [-0.39, 0.29) is 5.95 Å². The Morgan fingerprint density at radius 3 is 2.86 bits per heavy atom. The van der Waals surface area contributed by atoms with Gasteiger partial charge in [0, 0.05) is 25.1 Å². The molecule has 1 aliphatic heterocycles. The van der Waals surface area contributed by atoms with Gasteiger partial charge in [-0.2, -0.15) is 4.98 Å². The number of hydrogen-bond donors (Lipinski definition) is 1. The summed E-state index contributed by atoms with van der Waals surface area (Å²) in [6.07, 6.45) is 2.25. The second-order valence-electron chi connectivity index (χ2n) is 5.49. The molecule has 22 heavy (non-hydrogen) atoms. The molecule has 1 aromatic carbocycles. The predicted molar refractivity (Wildman–Crippen MR) is 88.3 cm³/mol. The van der Waals surface area contributed by atoms with Crippen LogP contribution in [0.5, 0.6) is 5.75 Å². The number of anilines is 2. The van der Waals surface area contributed by atoms with Crippen molar-refractivity contribution in [1.82, 2.24) is 9.97 Å². The Bertz CT molecular complexity index is 603. The first-order chi connectivity index (χ1) is 10.7. The molecule has 0 radical (unpaired) electrons. The quantitative estimate of drug-likeness (QED) is 0.878. The summed E-state index contributed by atoms with van der Waals surface area (Å²) in [5, 5.41) is 0.380. The molecule has 0 saturated carbocycles. The Kier molecular flexibility index (Phi) is 4.63. The lowest BCUT2D eigenvalue weighted by molar-refractivity contribution is 0.228. The number of nitrogens with two attached hydrogens (primary N) is 1. The topological polar surface area (TPSA) is 64.3 Å². The third-order valence-electron chi connectivity index (χ3n) is 3.77. The summed E-state index contributed by atoms with van der Waals surface area (Å²) >= 11 is 5.96. The Labute approximate surface area is 135 Å². The average molecular weight is 319 g/mol. The van der Waals surface area contributed by atoms with Gasteiger partial charge in [-0.3, -0.25) is 0 Å².